The summed E-state index contributed by atoms with van der Waals surface area (Å²) in [6, 6.07) is 5.29. The highest BCUT2D eigenvalue weighted by molar-refractivity contribution is 7.14. The van der Waals surface area contributed by atoms with Crippen LogP contribution in [0.5, 0.6) is 0 Å². The maximum atomic E-state index is 12.3. The van der Waals surface area contributed by atoms with E-state index >= 15 is 0 Å². The lowest BCUT2D eigenvalue weighted by Crippen LogP contribution is -2.53. The molecule has 0 radical (unpaired) electrons. The van der Waals surface area contributed by atoms with Crippen LogP contribution in [-0.2, 0) is 20.9 Å². The van der Waals surface area contributed by atoms with E-state index in [9.17, 15) is 19.2 Å². The maximum absolute atomic E-state index is 12.3. The summed E-state index contributed by atoms with van der Waals surface area (Å²) in [7, 11) is 0. The summed E-state index contributed by atoms with van der Waals surface area (Å²) in [4.78, 5) is 52.5. The molecule has 1 fully saturated rings. The van der Waals surface area contributed by atoms with Crippen molar-refractivity contribution in [2.75, 3.05) is 26.2 Å². The number of nitrogens with one attached hydrogen (secondary N) is 1. The van der Waals surface area contributed by atoms with Gasteiger partial charge in [0.15, 0.2) is 0 Å². The Labute approximate surface area is 164 Å². The summed E-state index contributed by atoms with van der Waals surface area (Å²) in [5.74, 6) is -1.34. The minimum atomic E-state index is -0.676. The van der Waals surface area contributed by atoms with Crippen LogP contribution in [0.3, 0.4) is 0 Å². The first kappa shape index (κ1) is 19.2. The number of hydrogen-bond donors (Lipinski definition) is 1. The average Bonchev–Trinajstić information content (AvgIpc) is 3.37. The minimum Gasteiger partial charge on any atom is -0.343 e. The zero-order valence-corrected chi connectivity index (χ0v) is 16.4. The highest BCUT2D eigenvalue weighted by Crippen LogP contribution is 2.21. The van der Waals surface area contributed by atoms with Crippen LogP contribution in [0, 0.1) is 0 Å². The van der Waals surface area contributed by atoms with Gasteiger partial charge >= 0.3 is 11.8 Å². The molecular weight excluding hydrogens is 386 g/mol. The van der Waals surface area contributed by atoms with Crippen molar-refractivity contribution in [1.82, 2.24) is 15.1 Å². The fraction of sp³-hybridized carbons (Fsp3) is 0.333. The molecule has 0 bridgehead atoms. The predicted molar refractivity (Wildman–Crippen MR) is 103 cm³/mol. The predicted octanol–water partition coefficient (Wildman–Crippen LogP) is 1.35. The summed E-state index contributed by atoms with van der Waals surface area (Å²) >= 11 is 2.77. The number of thiophene rings is 2. The quantitative estimate of drug-likeness (QED) is 0.614. The molecule has 3 heterocycles. The molecule has 1 aliphatic heterocycles. The van der Waals surface area contributed by atoms with E-state index in [2.05, 4.69) is 5.32 Å². The summed E-state index contributed by atoms with van der Waals surface area (Å²) in [6.45, 7) is 3.26. The second-order valence-electron chi connectivity index (χ2n) is 6.09. The zero-order valence-electron chi connectivity index (χ0n) is 14.8. The molecule has 0 unspecified atom stereocenters. The second kappa shape index (κ2) is 8.45. The first-order valence-corrected chi connectivity index (χ1v) is 10.2. The minimum absolute atomic E-state index is 0.0305. The van der Waals surface area contributed by atoms with Crippen molar-refractivity contribution in [3.8, 4) is 0 Å². The van der Waals surface area contributed by atoms with E-state index in [4.69, 9.17) is 0 Å². The summed E-state index contributed by atoms with van der Waals surface area (Å²) in [6.07, 6.45) is 0. The van der Waals surface area contributed by atoms with E-state index in [-0.39, 0.29) is 18.2 Å². The Hall–Kier alpha value is -2.52. The van der Waals surface area contributed by atoms with Gasteiger partial charge in [-0.15, -0.1) is 11.3 Å². The average molecular weight is 406 g/mol. The van der Waals surface area contributed by atoms with Gasteiger partial charge in [0.2, 0.25) is 11.7 Å². The third kappa shape index (κ3) is 4.61. The van der Waals surface area contributed by atoms with Gasteiger partial charge in [-0.05, 0) is 23.6 Å². The molecule has 0 aliphatic carbocycles. The molecule has 2 aromatic heterocycles. The number of carbonyl (C=O) groups excluding carboxylic acids is 4. The third-order valence-electron chi connectivity index (χ3n) is 4.30. The van der Waals surface area contributed by atoms with Crippen LogP contribution < -0.4 is 5.32 Å². The van der Waals surface area contributed by atoms with E-state index < -0.39 is 11.8 Å². The highest BCUT2D eigenvalue weighted by atomic mass is 32.1. The molecule has 1 saturated heterocycles. The molecule has 0 saturated carbocycles. The van der Waals surface area contributed by atoms with Crippen molar-refractivity contribution in [1.29, 1.82) is 0 Å². The van der Waals surface area contributed by atoms with Crippen LogP contribution >= 0.6 is 22.7 Å². The first-order valence-electron chi connectivity index (χ1n) is 8.44. The number of ketones is 1. The Kier molecular flexibility index (Phi) is 6.02. The molecule has 9 heteroatoms. The van der Waals surface area contributed by atoms with E-state index in [0.29, 0.717) is 36.6 Å². The smallest absolute Gasteiger partial charge is 0.312 e. The Morgan fingerprint density at radius 3 is 2.37 bits per heavy atom. The lowest BCUT2D eigenvalue weighted by molar-refractivity contribution is -0.148. The van der Waals surface area contributed by atoms with E-state index in [1.807, 2.05) is 5.38 Å². The van der Waals surface area contributed by atoms with Crippen molar-refractivity contribution >= 4 is 46.2 Å². The van der Waals surface area contributed by atoms with Gasteiger partial charge in [-0.25, -0.2) is 0 Å². The van der Waals surface area contributed by atoms with Gasteiger partial charge in [0.05, 0.1) is 11.4 Å². The monoisotopic (exact) mass is 405 g/mol. The van der Waals surface area contributed by atoms with Crippen LogP contribution in [0.2, 0.25) is 0 Å². The number of piperazine rings is 1. The topological polar surface area (TPSA) is 86.8 Å². The number of nitrogens with zero attached hydrogens (tertiary/aromatic N) is 2. The summed E-state index contributed by atoms with van der Waals surface area (Å²) in [5, 5.41) is 6.26. The third-order valence-corrected chi connectivity index (χ3v) is 6.07. The van der Waals surface area contributed by atoms with Gasteiger partial charge in [-0.2, -0.15) is 11.3 Å². The van der Waals surface area contributed by atoms with Crippen LogP contribution in [0.1, 0.15) is 27.0 Å². The van der Waals surface area contributed by atoms with Crippen molar-refractivity contribution in [3.63, 3.8) is 0 Å². The maximum Gasteiger partial charge on any atom is 0.312 e. The Morgan fingerprint density at radius 1 is 1.04 bits per heavy atom. The summed E-state index contributed by atoms with van der Waals surface area (Å²) in [5.41, 5.74) is 0.650. The Bertz CT molecular complexity index is 852. The van der Waals surface area contributed by atoms with Crippen molar-refractivity contribution < 1.29 is 19.2 Å². The van der Waals surface area contributed by atoms with Gasteiger partial charge in [0, 0.05) is 48.9 Å². The van der Waals surface area contributed by atoms with Gasteiger partial charge < -0.3 is 15.1 Å². The molecule has 3 rings (SSSR count). The highest BCUT2D eigenvalue weighted by Gasteiger charge is 2.26. The molecule has 1 N–H and O–H groups in total. The second-order valence-corrected chi connectivity index (χ2v) is 8.04. The van der Waals surface area contributed by atoms with E-state index in [0.717, 1.165) is 4.88 Å². The Balaban J connectivity index is 1.50. The zero-order chi connectivity index (χ0) is 19.4. The SMILES string of the molecule is CC(=O)N1CCN(C(=O)C(=O)NCc2ccc(C(=O)c3ccsc3)s2)CC1. The lowest BCUT2D eigenvalue weighted by atomic mass is 10.2. The summed E-state index contributed by atoms with van der Waals surface area (Å²) < 4.78 is 0. The molecule has 3 amide bonds. The van der Waals surface area contributed by atoms with Gasteiger partial charge in [0.25, 0.3) is 0 Å². The van der Waals surface area contributed by atoms with Crippen molar-refractivity contribution in [3.05, 3.63) is 44.3 Å². The van der Waals surface area contributed by atoms with Crippen LogP contribution in [0.25, 0.3) is 0 Å². The van der Waals surface area contributed by atoms with Crippen molar-refractivity contribution in [2.45, 2.75) is 13.5 Å². The number of carbonyl (C=O) groups is 4. The van der Waals surface area contributed by atoms with Crippen LogP contribution in [0.4, 0.5) is 0 Å². The van der Waals surface area contributed by atoms with Crippen molar-refractivity contribution in [2.24, 2.45) is 0 Å². The van der Waals surface area contributed by atoms with Crippen LogP contribution in [0.15, 0.2) is 29.0 Å². The molecule has 142 valence electrons. The number of hydrogen-bond acceptors (Lipinski definition) is 6. The molecular formula is C18H19N3O4S2. The van der Waals surface area contributed by atoms with E-state index in [1.54, 1.807) is 28.5 Å². The van der Waals surface area contributed by atoms with Gasteiger partial charge in [-0.1, -0.05) is 0 Å². The van der Waals surface area contributed by atoms with Gasteiger partial charge in [-0.3, -0.25) is 19.2 Å². The molecule has 0 spiro atoms. The van der Waals surface area contributed by atoms with Gasteiger partial charge in [0.1, 0.15) is 0 Å². The largest absolute Gasteiger partial charge is 0.343 e. The molecule has 0 aromatic carbocycles. The first-order chi connectivity index (χ1) is 13.0. The fourth-order valence-electron chi connectivity index (χ4n) is 2.74. The fourth-order valence-corrected chi connectivity index (χ4v) is 4.29. The molecule has 7 nitrogen and oxygen atoms in total. The lowest BCUT2D eigenvalue weighted by Gasteiger charge is -2.33. The normalized spacial score (nSPS) is 14.1. The number of rotatable bonds is 4. The molecule has 2 aromatic rings. The Morgan fingerprint density at radius 2 is 1.74 bits per heavy atom. The number of amides is 3. The van der Waals surface area contributed by atoms with E-state index in [1.165, 1.54) is 34.5 Å². The van der Waals surface area contributed by atoms with Crippen LogP contribution in [-0.4, -0.2) is 59.5 Å². The molecule has 27 heavy (non-hydrogen) atoms. The standard InChI is InChI=1S/C18H19N3O4S2/c1-12(22)20-5-7-21(8-6-20)18(25)17(24)19-10-14-2-3-15(27-14)16(23)13-4-9-26-11-13/h2-4,9,11H,5-8,10H2,1H3,(H,19,24). The molecule has 0 atom stereocenters. The molecule has 1 aliphatic rings.